The van der Waals surface area contributed by atoms with E-state index in [4.69, 9.17) is 4.42 Å². The molecule has 1 saturated heterocycles. The van der Waals surface area contributed by atoms with E-state index in [-0.39, 0.29) is 29.8 Å². The van der Waals surface area contributed by atoms with Crippen LogP contribution in [-0.4, -0.2) is 45.4 Å². The van der Waals surface area contributed by atoms with Crippen molar-refractivity contribution >= 4 is 15.9 Å². The summed E-state index contributed by atoms with van der Waals surface area (Å²) in [6, 6.07) is 10.4. The summed E-state index contributed by atoms with van der Waals surface area (Å²) in [6.45, 7) is 4.36. The minimum Gasteiger partial charge on any atom is -0.468 e. The maximum Gasteiger partial charge on any atom is 0.240 e. The Morgan fingerprint density at radius 3 is 2.52 bits per heavy atom. The van der Waals surface area contributed by atoms with Crippen molar-refractivity contribution in [1.82, 2.24) is 14.9 Å². The van der Waals surface area contributed by atoms with Crippen LogP contribution in [0.5, 0.6) is 0 Å². The lowest BCUT2D eigenvalue weighted by atomic mass is 10.1. The molecule has 2 heterocycles. The molecule has 3 rings (SSSR count). The van der Waals surface area contributed by atoms with E-state index in [0.717, 1.165) is 37.3 Å². The van der Waals surface area contributed by atoms with Crippen LogP contribution in [0, 0.1) is 6.92 Å². The van der Waals surface area contributed by atoms with Gasteiger partial charge in [-0.3, -0.25) is 9.69 Å². The number of amides is 1. The average molecular weight is 420 g/mol. The number of benzene rings is 1. The van der Waals surface area contributed by atoms with E-state index in [0.29, 0.717) is 6.54 Å². The number of sulfonamides is 1. The lowest BCUT2D eigenvalue weighted by molar-refractivity contribution is -0.121. The quantitative estimate of drug-likeness (QED) is 0.652. The lowest BCUT2D eigenvalue weighted by Gasteiger charge is -2.33. The Morgan fingerprint density at radius 2 is 1.86 bits per heavy atom. The van der Waals surface area contributed by atoms with Gasteiger partial charge in [-0.1, -0.05) is 24.1 Å². The van der Waals surface area contributed by atoms with Gasteiger partial charge in [0, 0.05) is 19.5 Å². The van der Waals surface area contributed by atoms with Crippen molar-refractivity contribution in [2.24, 2.45) is 0 Å². The summed E-state index contributed by atoms with van der Waals surface area (Å²) in [6.07, 6.45) is 5.25. The molecule has 1 atom stereocenters. The summed E-state index contributed by atoms with van der Waals surface area (Å²) in [5.74, 6) is 0.650. The minimum atomic E-state index is -3.61. The average Bonchev–Trinajstić information content (AvgIpc) is 3.24. The smallest absolute Gasteiger partial charge is 0.240 e. The third kappa shape index (κ3) is 6.16. The molecule has 1 fully saturated rings. The second kappa shape index (κ2) is 10.0. The lowest BCUT2D eigenvalue weighted by Crippen LogP contribution is -2.41. The number of likely N-dealkylation sites (tertiary alicyclic amines) is 1. The highest BCUT2D eigenvalue weighted by Gasteiger charge is 2.25. The fourth-order valence-corrected chi connectivity index (χ4v) is 4.55. The fraction of sp³-hybridized carbons (Fsp3) is 0.476. The van der Waals surface area contributed by atoms with Crippen LogP contribution in [0.1, 0.15) is 43.0 Å². The Labute approximate surface area is 172 Å². The Morgan fingerprint density at radius 1 is 1.14 bits per heavy atom. The number of nitrogens with one attached hydrogen (secondary N) is 2. The van der Waals surface area contributed by atoms with Gasteiger partial charge in [0.15, 0.2) is 0 Å². The summed E-state index contributed by atoms with van der Waals surface area (Å²) >= 11 is 0. The van der Waals surface area contributed by atoms with E-state index in [1.165, 1.54) is 6.42 Å². The SMILES string of the molecule is Cc1ccc(S(=O)(=O)NCCC(=O)NC[C@@H](c2ccco2)N2CCCCC2)cc1. The number of rotatable bonds is 9. The van der Waals surface area contributed by atoms with Crippen molar-refractivity contribution in [3.05, 3.63) is 54.0 Å². The first-order valence-electron chi connectivity index (χ1n) is 10.1. The second-order valence-corrected chi connectivity index (χ2v) is 9.16. The molecule has 1 aromatic carbocycles. The van der Waals surface area contributed by atoms with Crippen molar-refractivity contribution in [1.29, 1.82) is 0 Å². The first kappa shape index (κ1) is 21.5. The molecule has 0 saturated carbocycles. The molecule has 0 unspecified atom stereocenters. The molecule has 0 bridgehead atoms. The van der Waals surface area contributed by atoms with Crippen molar-refractivity contribution < 1.29 is 17.6 Å². The standard InChI is InChI=1S/C21H29N3O4S/c1-17-7-9-18(10-8-17)29(26,27)23-12-11-21(25)22-16-19(20-6-5-15-28-20)24-13-3-2-4-14-24/h5-10,15,19,23H,2-4,11-14,16H2,1H3,(H,22,25)/t19-/m0/s1. The number of carbonyl (C=O) groups is 1. The van der Waals surface area contributed by atoms with Gasteiger partial charge in [0.1, 0.15) is 5.76 Å². The maximum atomic E-state index is 12.3. The molecule has 1 aliphatic rings. The van der Waals surface area contributed by atoms with E-state index >= 15 is 0 Å². The first-order valence-corrected chi connectivity index (χ1v) is 11.5. The van der Waals surface area contributed by atoms with Gasteiger partial charge < -0.3 is 9.73 Å². The normalized spacial score (nSPS) is 16.4. The second-order valence-electron chi connectivity index (χ2n) is 7.39. The number of furan rings is 1. The number of nitrogens with zero attached hydrogens (tertiary/aromatic N) is 1. The summed E-state index contributed by atoms with van der Waals surface area (Å²) < 4.78 is 32.6. The van der Waals surface area contributed by atoms with Crippen molar-refractivity contribution in [3.8, 4) is 0 Å². The molecular formula is C21H29N3O4S. The number of hydrogen-bond donors (Lipinski definition) is 2. The zero-order valence-electron chi connectivity index (χ0n) is 16.8. The summed E-state index contributed by atoms with van der Waals surface area (Å²) in [4.78, 5) is 14.8. The molecule has 1 aliphatic heterocycles. The fourth-order valence-electron chi connectivity index (χ4n) is 3.52. The van der Waals surface area contributed by atoms with Crippen molar-refractivity contribution in [2.45, 2.75) is 43.5 Å². The van der Waals surface area contributed by atoms with Crippen LogP contribution in [0.3, 0.4) is 0 Å². The van der Waals surface area contributed by atoms with Crippen LogP contribution in [0.4, 0.5) is 0 Å². The Kier molecular flexibility index (Phi) is 7.46. The first-order chi connectivity index (χ1) is 14.0. The van der Waals surface area contributed by atoms with E-state index in [1.807, 2.05) is 19.1 Å². The molecule has 29 heavy (non-hydrogen) atoms. The number of aryl methyl sites for hydroxylation is 1. The van der Waals surface area contributed by atoms with E-state index in [2.05, 4.69) is 14.9 Å². The van der Waals surface area contributed by atoms with Crippen LogP contribution >= 0.6 is 0 Å². The topological polar surface area (TPSA) is 91.6 Å². The van der Waals surface area contributed by atoms with Crippen molar-refractivity contribution in [3.63, 3.8) is 0 Å². The summed E-state index contributed by atoms with van der Waals surface area (Å²) in [7, 11) is -3.61. The number of piperidine rings is 1. The van der Waals surface area contributed by atoms with Crippen LogP contribution < -0.4 is 10.0 Å². The van der Waals surface area contributed by atoms with Crippen LogP contribution in [-0.2, 0) is 14.8 Å². The molecule has 0 aliphatic carbocycles. The summed E-state index contributed by atoms with van der Waals surface area (Å²) in [5.41, 5.74) is 0.989. The van der Waals surface area contributed by atoms with E-state index < -0.39 is 10.0 Å². The Balaban J connectivity index is 1.48. The molecule has 1 aromatic heterocycles. The molecule has 8 heteroatoms. The van der Waals surface area contributed by atoms with Crippen LogP contribution in [0.15, 0.2) is 52.0 Å². The predicted molar refractivity (Wildman–Crippen MR) is 111 cm³/mol. The Bertz CT molecular complexity index is 873. The van der Waals surface area contributed by atoms with Gasteiger partial charge in [0.25, 0.3) is 0 Å². The highest BCUT2D eigenvalue weighted by atomic mass is 32.2. The third-order valence-electron chi connectivity index (χ3n) is 5.17. The molecule has 0 spiro atoms. The molecule has 158 valence electrons. The number of carbonyl (C=O) groups excluding carboxylic acids is 1. The summed E-state index contributed by atoms with van der Waals surface area (Å²) in [5, 5.41) is 2.93. The predicted octanol–water partition coefficient (Wildman–Crippen LogP) is 2.60. The van der Waals surface area contributed by atoms with Gasteiger partial charge in [-0.2, -0.15) is 0 Å². The molecule has 0 radical (unpaired) electrons. The van der Waals surface area contributed by atoms with Gasteiger partial charge >= 0.3 is 0 Å². The highest BCUT2D eigenvalue weighted by Crippen LogP contribution is 2.24. The maximum absolute atomic E-state index is 12.3. The molecule has 7 nitrogen and oxygen atoms in total. The monoisotopic (exact) mass is 419 g/mol. The van der Waals surface area contributed by atoms with E-state index in [1.54, 1.807) is 30.5 Å². The zero-order valence-corrected chi connectivity index (χ0v) is 17.6. The van der Waals surface area contributed by atoms with E-state index in [9.17, 15) is 13.2 Å². The third-order valence-corrected chi connectivity index (χ3v) is 6.65. The van der Waals surface area contributed by atoms with Crippen LogP contribution in [0.2, 0.25) is 0 Å². The Hall–Kier alpha value is -2.16. The molecular weight excluding hydrogens is 390 g/mol. The number of hydrogen-bond acceptors (Lipinski definition) is 5. The van der Waals surface area contributed by atoms with Gasteiger partial charge in [0.05, 0.1) is 17.2 Å². The van der Waals surface area contributed by atoms with Gasteiger partial charge in [-0.05, 0) is 57.1 Å². The van der Waals surface area contributed by atoms with Crippen molar-refractivity contribution in [2.75, 3.05) is 26.2 Å². The molecule has 2 N–H and O–H groups in total. The van der Waals surface area contributed by atoms with Gasteiger partial charge in [0.2, 0.25) is 15.9 Å². The van der Waals surface area contributed by atoms with Crippen LogP contribution in [0.25, 0.3) is 0 Å². The largest absolute Gasteiger partial charge is 0.468 e. The van der Waals surface area contributed by atoms with Gasteiger partial charge in [-0.15, -0.1) is 0 Å². The molecule has 1 amide bonds. The molecule has 2 aromatic rings. The zero-order chi connectivity index (χ0) is 20.7. The minimum absolute atomic E-state index is 0.00139. The van der Waals surface area contributed by atoms with Gasteiger partial charge in [-0.25, -0.2) is 13.1 Å². The highest BCUT2D eigenvalue weighted by molar-refractivity contribution is 7.89.